The molecule has 5 nitrogen and oxygen atoms in total. The molecule has 1 aromatic heterocycles. The summed E-state index contributed by atoms with van der Waals surface area (Å²) >= 11 is 5.30. The molecule has 1 heterocycles. The van der Waals surface area contributed by atoms with Gasteiger partial charge in [0.2, 0.25) is 11.8 Å². The third kappa shape index (κ3) is 4.82. The Labute approximate surface area is 105 Å². The molecule has 0 bridgehead atoms. The lowest BCUT2D eigenvalue weighted by atomic mass is 10.2. The van der Waals surface area contributed by atoms with Crippen molar-refractivity contribution in [3.8, 4) is 0 Å². The molecule has 0 aromatic carbocycles. The molecule has 1 rings (SSSR count). The van der Waals surface area contributed by atoms with E-state index in [1.807, 2.05) is 12.1 Å². The molecule has 17 heavy (non-hydrogen) atoms. The van der Waals surface area contributed by atoms with Crippen LogP contribution in [0.3, 0.4) is 0 Å². The van der Waals surface area contributed by atoms with Gasteiger partial charge in [-0.2, -0.15) is 0 Å². The topological polar surface area (TPSA) is 62.3 Å². The molecule has 0 atom stereocenters. The van der Waals surface area contributed by atoms with Crippen LogP contribution < -0.4 is 5.32 Å². The highest BCUT2D eigenvalue weighted by molar-refractivity contribution is 6.27. The van der Waals surface area contributed by atoms with Crippen molar-refractivity contribution in [1.82, 2.24) is 15.2 Å². The highest BCUT2D eigenvalue weighted by atomic mass is 35.5. The molecule has 0 saturated carbocycles. The smallest absolute Gasteiger partial charge is 0.242 e. The van der Waals surface area contributed by atoms with Crippen LogP contribution in [-0.4, -0.2) is 41.2 Å². The minimum Gasteiger partial charge on any atom is -0.346 e. The van der Waals surface area contributed by atoms with Crippen molar-refractivity contribution >= 4 is 23.4 Å². The van der Waals surface area contributed by atoms with E-state index in [1.165, 1.54) is 4.90 Å². The van der Waals surface area contributed by atoms with Gasteiger partial charge in [0.1, 0.15) is 5.88 Å². The molecule has 0 fully saturated rings. The van der Waals surface area contributed by atoms with E-state index in [9.17, 15) is 9.59 Å². The first-order valence-electron chi connectivity index (χ1n) is 5.09. The summed E-state index contributed by atoms with van der Waals surface area (Å²) in [5.74, 6) is -0.665. The van der Waals surface area contributed by atoms with Gasteiger partial charge in [0.15, 0.2) is 0 Å². The Hall–Kier alpha value is -1.62. The second-order valence-corrected chi connectivity index (χ2v) is 3.79. The summed E-state index contributed by atoms with van der Waals surface area (Å²) in [6, 6.07) is 3.69. The fraction of sp³-hybridized carbons (Fsp3) is 0.364. The standard InChI is InChI=1S/C11H14ClN3O2/c1-15(8-9-3-2-4-13-6-9)11(17)7-14-10(16)5-12/h2-4,6H,5,7-8H2,1H3,(H,14,16). The molecule has 0 aliphatic carbocycles. The van der Waals surface area contributed by atoms with Gasteiger partial charge in [0.05, 0.1) is 6.54 Å². The van der Waals surface area contributed by atoms with Crippen LogP contribution in [0.1, 0.15) is 5.56 Å². The predicted octanol–water partition coefficient (Wildman–Crippen LogP) is 0.395. The Bertz CT molecular complexity index is 384. The van der Waals surface area contributed by atoms with E-state index < -0.39 is 0 Å². The monoisotopic (exact) mass is 255 g/mol. The van der Waals surface area contributed by atoms with Gasteiger partial charge in [-0.15, -0.1) is 11.6 Å². The number of alkyl halides is 1. The van der Waals surface area contributed by atoms with Crippen LogP contribution in [0, 0.1) is 0 Å². The van der Waals surface area contributed by atoms with Crippen LogP contribution in [0.15, 0.2) is 24.5 Å². The number of carbonyl (C=O) groups is 2. The molecular formula is C11H14ClN3O2. The zero-order chi connectivity index (χ0) is 12.7. The molecule has 1 aromatic rings. The lowest BCUT2D eigenvalue weighted by Crippen LogP contribution is -2.38. The number of likely N-dealkylation sites (N-methyl/N-ethyl adjacent to an activating group) is 1. The lowest BCUT2D eigenvalue weighted by Gasteiger charge is -2.17. The molecule has 92 valence electrons. The van der Waals surface area contributed by atoms with Crippen molar-refractivity contribution < 1.29 is 9.59 Å². The van der Waals surface area contributed by atoms with Crippen molar-refractivity contribution in [2.75, 3.05) is 19.5 Å². The highest BCUT2D eigenvalue weighted by Crippen LogP contribution is 2.00. The zero-order valence-corrected chi connectivity index (χ0v) is 10.3. The van der Waals surface area contributed by atoms with Gasteiger partial charge in [0, 0.05) is 26.0 Å². The number of nitrogens with zero attached hydrogens (tertiary/aromatic N) is 2. The second kappa shape index (κ2) is 6.85. The molecule has 0 saturated heterocycles. The lowest BCUT2D eigenvalue weighted by molar-refractivity contribution is -0.131. The van der Waals surface area contributed by atoms with Crippen molar-refractivity contribution in [3.05, 3.63) is 30.1 Å². The number of nitrogens with one attached hydrogen (secondary N) is 1. The first-order valence-corrected chi connectivity index (χ1v) is 5.62. The maximum Gasteiger partial charge on any atom is 0.242 e. The highest BCUT2D eigenvalue weighted by Gasteiger charge is 2.10. The van der Waals surface area contributed by atoms with Gasteiger partial charge in [-0.1, -0.05) is 6.07 Å². The number of aromatic nitrogens is 1. The normalized spacial score (nSPS) is 9.76. The van der Waals surface area contributed by atoms with E-state index in [1.54, 1.807) is 19.4 Å². The second-order valence-electron chi connectivity index (χ2n) is 3.52. The van der Waals surface area contributed by atoms with E-state index in [-0.39, 0.29) is 24.2 Å². The molecule has 0 aliphatic rings. The Morgan fingerprint density at radius 3 is 2.88 bits per heavy atom. The van der Waals surface area contributed by atoms with Crippen LogP contribution in [0.2, 0.25) is 0 Å². The summed E-state index contributed by atoms with van der Waals surface area (Å²) in [5, 5.41) is 2.42. The fourth-order valence-corrected chi connectivity index (χ4v) is 1.30. The van der Waals surface area contributed by atoms with Crippen LogP contribution in [-0.2, 0) is 16.1 Å². The minimum absolute atomic E-state index is 0.0394. The summed E-state index contributed by atoms with van der Waals surface area (Å²) in [6.45, 7) is 0.422. The van der Waals surface area contributed by atoms with E-state index in [0.29, 0.717) is 6.54 Å². The summed E-state index contributed by atoms with van der Waals surface area (Å²) < 4.78 is 0. The summed E-state index contributed by atoms with van der Waals surface area (Å²) in [5.41, 5.74) is 0.937. The van der Waals surface area contributed by atoms with Crippen LogP contribution in [0.25, 0.3) is 0 Å². The number of carbonyl (C=O) groups excluding carboxylic acids is 2. The SMILES string of the molecule is CN(Cc1cccnc1)C(=O)CNC(=O)CCl. The fourth-order valence-electron chi connectivity index (χ4n) is 1.21. The molecule has 0 radical (unpaired) electrons. The molecule has 0 unspecified atom stereocenters. The van der Waals surface area contributed by atoms with E-state index >= 15 is 0 Å². The molecule has 0 spiro atoms. The first kappa shape index (κ1) is 13.4. The summed E-state index contributed by atoms with van der Waals surface area (Å²) in [7, 11) is 1.67. The van der Waals surface area contributed by atoms with E-state index in [0.717, 1.165) is 5.56 Å². The number of hydrogen-bond donors (Lipinski definition) is 1. The third-order valence-electron chi connectivity index (χ3n) is 2.13. The van der Waals surface area contributed by atoms with E-state index in [4.69, 9.17) is 11.6 Å². The maximum atomic E-state index is 11.6. The average Bonchev–Trinajstić information content (AvgIpc) is 2.36. The van der Waals surface area contributed by atoms with Crippen molar-refractivity contribution in [2.45, 2.75) is 6.54 Å². The molecular weight excluding hydrogens is 242 g/mol. The van der Waals surface area contributed by atoms with Gasteiger partial charge in [-0.05, 0) is 11.6 Å². The molecule has 1 N–H and O–H groups in total. The van der Waals surface area contributed by atoms with Gasteiger partial charge < -0.3 is 10.2 Å². The first-order chi connectivity index (χ1) is 8.13. The quantitative estimate of drug-likeness (QED) is 0.775. The predicted molar refractivity (Wildman–Crippen MR) is 64.4 cm³/mol. The van der Waals surface area contributed by atoms with Crippen LogP contribution in [0.5, 0.6) is 0 Å². The zero-order valence-electron chi connectivity index (χ0n) is 9.52. The van der Waals surface area contributed by atoms with Crippen LogP contribution >= 0.6 is 11.6 Å². The Morgan fingerprint density at radius 2 is 2.29 bits per heavy atom. The van der Waals surface area contributed by atoms with Crippen LogP contribution in [0.4, 0.5) is 0 Å². The summed E-state index contributed by atoms with van der Waals surface area (Å²) in [4.78, 5) is 28.0. The molecule has 0 aliphatic heterocycles. The Morgan fingerprint density at radius 1 is 1.53 bits per heavy atom. The van der Waals surface area contributed by atoms with Gasteiger partial charge in [-0.25, -0.2) is 0 Å². The number of amides is 2. The number of rotatable bonds is 5. The molecule has 6 heteroatoms. The van der Waals surface area contributed by atoms with Gasteiger partial charge >= 0.3 is 0 Å². The van der Waals surface area contributed by atoms with Crippen molar-refractivity contribution in [2.24, 2.45) is 0 Å². The van der Waals surface area contributed by atoms with Crippen molar-refractivity contribution in [1.29, 1.82) is 0 Å². The third-order valence-corrected chi connectivity index (χ3v) is 2.37. The molecule has 2 amide bonds. The van der Waals surface area contributed by atoms with Gasteiger partial charge in [-0.3, -0.25) is 14.6 Å². The number of halogens is 1. The minimum atomic E-state index is -0.352. The van der Waals surface area contributed by atoms with Gasteiger partial charge in [0.25, 0.3) is 0 Å². The maximum absolute atomic E-state index is 11.6. The Balaban J connectivity index is 2.40. The largest absolute Gasteiger partial charge is 0.346 e. The number of hydrogen-bond acceptors (Lipinski definition) is 3. The van der Waals surface area contributed by atoms with Crippen molar-refractivity contribution in [3.63, 3.8) is 0 Å². The Kier molecular flexibility index (Phi) is 5.42. The van der Waals surface area contributed by atoms with E-state index in [2.05, 4.69) is 10.3 Å². The average molecular weight is 256 g/mol. The summed E-state index contributed by atoms with van der Waals surface area (Å²) in [6.07, 6.45) is 3.37. The number of pyridine rings is 1.